The van der Waals surface area contributed by atoms with E-state index in [2.05, 4.69) is 20.5 Å². The number of nitrogens with zero attached hydrogens (tertiary/aromatic N) is 4. The summed E-state index contributed by atoms with van der Waals surface area (Å²) in [5.74, 6) is 1.61. The maximum atomic E-state index is 13.2. The molecule has 10 nitrogen and oxygen atoms in total. The van der Waals surface area contributed by atoms with E-state index in [0.29, 0.717) is 54.4 Å². The molecular weight excluding hydrogens is 484 g/mol. The van der Waals surface area contributed by atoms with Crippen LogP contribution in [0.1, 0.15) is 62.7 Å². The molecule has 1 aromatic carbocycles. The van der Waals surface area contributed by atoms with Crippen molar-refractivity contribution in [1.82, 2.24) is 15.3 Å². The molecule has 1 saturated heterocycles. The summed E-state index contributed by atoms with van der Waals surface area (Å²) in [7, 11) is 3.37. The number of carbonyl (C=O) groups is 2. The summed E-state index contributed by atoms with van der Waals surface area (Å²) in [6, 6.07) is 5.76. The smallest absolute Gasteiger partial charge is 0.251 e. The number of hydrogen-bond acceptors (Lipinski definition) is 8. The number of anilines is 4. The minimum atomic E-state index is -0.546. The number of fused-ring (bicyclic) bond motifs is 1. The summed E-state index contributed by atoms with van der Waals surface area (Å²) in [4.78, 5) is 39.5. The lowest BCUT2D eigenvalue weighted by Crippen LogP contribution is -2.45. The van der Waals surface area contributed by atoms with Crippen LogP contribution in [0.2, 0.25) is 0 Å². The molecule has 10 heteroatoms. The van der Waals surface area contributed by atoms with E-state index in [1.807, 2.05) is 13.8 Å². The second-order valence-corrected chi connectivity index (χ2v) is 11.1. The van der Waals surface area contributed by atoms with Crippen LogP contribution >= 0.6 is 0 Å². The summed E-state index contributed by atoms with van der Waals surface area (Å²) >= 11 is 0. The van der Waals surface area contributed by atoms with Crippen LogP contribution in [0, 0.1) is 5.41 Å². The molecular formula is C28H38N6O4. The predicted molar refractivity (Wildman–Crippen MR) is 146 cm³/mol. The minimum absolute atomic E-state index is 0.0554. The molecule has 2 aromatic rings. The second-order valence-electron chi connectivity index (χ2n) is 11.1. The standard InChI is InChI=1S/C28H38N6O4/c1-28(2)17-34(20-7-5-6-8-20)24-22(33(3)26(28)36)16-29-27(32-24)31-21-10-9-18(15-23(21)37-4)25(35)30-19-11-13-38-14-12-19/h9-10,15-16,19-20H,5-8,11-14,17H2,1-4H3,(H,30,35)(H,29,31,32). The molecule has 2 aliphatic heterocycles. The summed E-state index contributed by atoms with van der Waals surface area (Å²) in [6.07, 6.45) is 7.89. The average molecular weight is 523 g/mol. The number of amides is 2. The molecule has 3 aliphatic rings. The van der Waals surface area contributed by atoms with Crippen molar-refractivity contribution in [1.29, 1.82) is 0 Å². The van der Waals surface area contributed by atoms with E-state index in [1.54, 1.807) is 43.5 Å². The van der Waals surface area contributed by atoms with Crippen molar-refractivity contribution in [2.75, 3.05) is 49.0 Å². The third-order valence-electron chi connectivity index (χ3n) is 7.86. The van der Waals surface area contributed by atoms with Crippen LogP contribution in [-0.2, 0) is 9.53 Å². The summed E-state index contributed by atoms with van der Waals surface area (Å²) in [5.41, 5.74) is 1.35. The highest BCUT2D eigenvalue weighted by atomic mass is 16.5. The summed E-state index contributed by atoms with van der Waals surface area (Å²) in [5, 5.41) is 6.36. The van der Waals surface area contributed by atoms with Gasteiger partial charge in [-0.25, -0.2) is 4.98 Å². The van der Waals surface area contributed by atoms with Crippen LogP contribution in [0.3, 0.4) is 0 Å². The Kier molecular flexibility index (Phi) is 7.43. The van der Waals surface area contributed by atoms with E-state index in [1.165, 1.54) is 12.8 Å². The van der Waals surface area contributed by atoms with Gasteiger partial charge in [-0.2, -0.15) is 4.98 Å². The number of methoxy groups -OCH3 is 1. The van der Waals surface area contributed by atoms with Gasteiger partial charge in [-0.15, -0.1) is 0 Å². The van der Waals surface area contributed by atoms with Gasteiger partial charge in [-0.05, 0) is 57.7 Å². The number of nitrogens with one attached hydrogen (secondary N) is 2. The van der Waals surface area contributed by atoms with E-state index in [0.717, 1.165) is 31.5 Å². The largest absolute Gasteiger partial charge is 0.495 e. The van der Waals surface area contributed by atoms with Crippen molar-refractivity contribution in [3.8, 4) is 5.75 Å². The molecule has 0 bridgehead atoms. The molecule has 2 amide bonds. The molecule has 1 aliphatic carbocycles. The Hall–Kier alpha value is -3.40. The van der Waals surface area contributed by atoms with Gasteiger partial charge in [0.15, 0.2) is 5.82 Å². The fourth-order valence-electron chi connectivity index (χ4n) is 5.69. The molecule has 5 rings (SSSR count). The van der Waals surface area contributed by atoms with Crippen LogP contribution in [0.25, 0.3) is 0 Å². The molecule has 2 fully saturated rings. The van der Waals surface area contributed by atoms with Gasteiger partial charge in [0.25, 0.3) is 5.91 Å². The highest BCUT2D eigenvalue weighted by Gasteiger charge is 2.41. The first-order valence-electron chi connectivity index (χ1n) is 13.5. The molecule has 204 valence electrons. The van der Waals surface area contributed by atoms with Crippen LogP contribution in [-0.4, -0.2) is 67.8 Å². The Morgan fingerprint density at radius 2 is 1.89 bits per heavy atom. The first-order valence-corrected chi connectivity index (χ1v) is 13.5. The molecule has 0 spiro atoms. The van der Waals surface area contributed by atoms with Gasteiger partial charge < -0.3 is 29.9 Å². The van der Waals surface area contributed by atoms with Gasteiger partial charge in [0.05, 0.1) is 24.4 Å². The Bertz CT molecular complexity index is 1190. The molecule has 3 heterocycles. The number of carbonyl (C=O) groups excluding carboxylic acids is 2. The number of hydrogen-bond donors (Lipinski definition) is 2. The lowest BCUT2D eigenvalue weighted by Gasteiger charge is -2.34. The van der Waals surface area contributed by atoms with Crippen molar-refractivity contribution in [3.63, 3.8) is 0 Å². The highest BCUT2D eigenvalue weighted by molar-refractivity contribution is 6.01. The first kappa shape index (κ1) is 26.2. The molecule has 1 aromatic heterocycles. The number of aromatic nitrogens is 2. The van der Waals surface area contributed by atoms with Gasteiger partial charge in [-0.1, -0.05) is 12.8 Å². The molecule has 38 heavy (non-hydrogen) atoms. The minimum Gasteiger partial charge on any atom is -0.495 e. The van der Waals surface area contributed by atoms with Crippen molar-refractivity contribution < 1.29 is 19.1 Å². The van der Waals surface area contributed by atoms with Crippen molar-refractivity contribution in [3.05, 3.63) is 30.0 Å². The third kappa shape index (κ3) is 5.27. The van der Waals surface area contributed by atoms with E-state index >= 15 is 0 Å². The number of ether oxygens (including phenoxy) is 2. The van der Waals surface area contributed by atoms with Crippen LogP contribution < -0.4 is 25.2 Å². The third-order valence-corrected chi connectivity index (χ3v) is 7.86. The van der Waals surface area contributed by atoms with Gasteiger partial charge in [-0.3, -0.25) is 9.59 Å². The van der Waals surface area contributed by atoms with Crippen LogP contribution in [0.4, 0.5) is 23.1 Å². The van der Waals surface area contributed by atoms with E-state index in [4.69, 9.17) is 14.5 Å². The molecule has 1 saturated carbocycles. The Balaban J connectivity index is 1.41. The average Bonchev–Trinajstić information content (AvgIpc) is 3.44. The van der Waals surface area contributed by atoms with E-state index in [9.17, 15) is 9.59 Å². The topological polar surface area (TPSA) is 109 Å². The zero-order chi connectivity index (χ0) is 26.9. The Morgan fingerprint density at radius 3 is 2.61 bits per heavy atom. The lowest BCUT2D eigenvalue weighted by atomic mass is 9.91. The molecule has 0 unspecified atom stereocenters. The molecule has 0 radical (unpaired) electrons. The van der Waals surface area contributed by atoms with Crippen molar-refractivity contribution >= 4 is 35.0 Å². The normalized spacial score (nSPS) is 20.2. The zero-order valence-electron chi connectivity index (χ0n) is 22.7. The van der Waals surface area contributed by atoms with Gasteiger partial charge in [0, 0.05) is 44.5 Å². The maximum absolute atomic E-state index is 13.2. The van der Waals surface area contributed by atoms with Gasteiger partial charge >= 0.3 is 0 Å². The highest BCUT2D eigenvalue weighted by Crippen LogP contribution is 2.40. The zero-order valence-corrected chi connectivity index (χ0v) is 22.7. The molecule has 2 N–H and O–H groups in total. The van der Waals surface area contributed by atoms with E-state index < -0.39 is 5.41 Å². The SMILES string of the molecule is COc1cc(C(=O)NC2CCOCC2)ccc1Nc1ncc2c(n1)N(C1CCCC1)CC(C)(C)C(=O)N2C. The Labute approximate surface area is 224 Å². The quantitative estimate of drug-likeness (QED) is 0.588. The van der Waals surface area contributed by atoms with Gasteiger partial charge in [0.1, 0.15) is 11.4 Å². The van der Waals surface area contributed by atoms with Crippen molar-refractivity contribution in [2.45, 2.75) is 64.5 Å². The fraction of sp³-hybridized carbons (Fsp3) is 0.571. The van der Waals surface area contributed by atoms with Gasteiger partial charge in [0.2, 0.25) is 11.9 Å². The lowest BCUT2D eigenvalue weighted by molar-refractivity contribution is -0.125. The maximum Gasteiger partial charge on any atom is 0.251 e. The Morgan fingerprint density at radius 1 is 1.16 bits per heavy atom. The number of benzene rings is 1. The summed E-state index contributed by atoms with van der Waals surface area (Å²) in [6.45, 7) is 5.92. The van der Waals surface area contributed by atoms with Crippen LogP contribution in [0.15, 0.2) is 24.4 Å². The first-order chi connectivity index (χ1) is 18.3. The van der Waals surface area contributed by atoms with Crippen molar-refractivity contribution in [2.24, 2.45) is 5.41 Å². The van der Waals surface area contributed by atoms with E-state index in [-0.39, 0.29) is 17.9 Å². The summed E-state index contributed by atoms with van der Waals surface area (Å²) < 4.78 is 11.0. The second kappa shape index (κ2) is 10.8. The fourth-order valence-corrected chi connectivity index (χ4v) is 5.69. The monoisotopic (exact) mass is 522 g/mol. The van der Waals surface area contributed by atoms with Crippen LogP contribution in [0.5, 0.6) is 5.75 Å². The number of rotatable bonds is 6. The predicted octanol–water partition coefficient (Wildman–Crippen LogP) is 3.89. The molecule has 0 atom stereocenters.